The van der Waals surface area contributed by atoms with E-state index in [0.29, 0.717) is 19.6 Å². The van der Waals surface area contributed by atoms with Crippen molar-refractivity contribution < 1.29 is 24.1 Å². The molecule has 0 radical (unpaired) electrons. The first-order chi connectivity index (χ1) is 12.8. The van der Waals surface area contributed by atoms with Gasteiger partial charge in [0.2, 0.25) is 0 Å². The van der Waals surface area contributed by atoms with Gasteiger partial charge >= 0.3 is 6.09 Å². The lowest BCUT2D eigenvalue weighted by atomic mass is 10.0. The molecule has 0 heterocycles. The van der Waals surface area contributed by atoms with E-state index in [2.05, 4.69) is 5.32 Å². The predicted molar refractivity (Wildman–Crippen MR) is 106 cm³/mol. The van der Waals surface area contributed by atoms with Crippen LogP contribution in [0.3, 0.4) is 0 Å². The molecule has 6 nitrogen and oxygen atoms in total. The van der Waals surface area contributed by atoms with Crippen LogP contribution in [0.2, 0.25) is 0 Å². The maximum atomic E-state index is 11.9. The van der Waals surface area contributed by atoms with Crippen LogP contribution in [-0.2, 0) is 16.1 Å². The van der Waals surface area contributed by atoms with Gasteiger partial charge in [0.25, 0.3) is 0 Å². The molecule has 0 aliphatic carbocycles. The minimum atomic E-state index is -0.513. The van der Waals surface area contributed by atoms with Gasteiger partial charge < -0.3 is 24.6 Å². The highest BCUT2D eigenvalue weighted by molar-refractivity contribution is 5.68. The molecule has 1 aromatic rings. The van der Waals surface area contributed by atoms with E-state index in [9.17, 15) is 4.79 Å². The molecule has 0 aromatic heterocycles. The maximum absolute atomic E-state index is 11.9. The van der Waals surface area contributed by atoms with Crippen molar-refractivity contribution >= 4 is 6.09 Å². The number of carbonyl (C=O) groups excluding carboxylic acids is 1. The van der Waals surface area contributed by atoms with Gasteiger partial charge in [0.1, 0.15) is 11.4 Å². The van der Waals surface area contributed by atoms with Crippen molar-refractivity contribution in [3.63, 3.8) is 0 Å². The van der Waals surface area contributed by atoms with Gasteiger partial charge in [-0.2, -0.15) is 0 Å². The summed E-state index contributed by atoms with van der Waals surface area (Å²) in [6.07, 6.45) is 3.69. The summed E-state index contributed by atoms with van der Waals surface area (Å²) in [6, 6.07) is 7.84. The van der Waals surface area contributed by atoms with Gasteiger partial charge in [0.15, 0.2) is 0 Å². The number of hydrogen-bond acceptors (Lipinski definition) is 5. The first-order valence-corrected chi connectivity index (χ1v) is 9.65. The number of alkyl carbamates (subject to hydrolysis) is 1. The minimum absolute atomic E-state index is 0.00795. The molecule has 0 aliphatic rings. The number of hydrogen-bond donors (Lipinski definition) is 2. The fourth-order valence-electron chi connectivity index (χ4n) is 2.61. The van der Waals surface area contributed by atoms with E-state index >= 15 is 0 Å². The van der Waals surface area contributed by atoms with Gasteiger partial charge in [0, 0.05) is 19.3 Å². The standard InChI is InChI=1S/C21H35NO5/c1-21(2,3)27-20(24)22-18(9-7-14-23)8-5-6-15-26-16-17-10-12-19(25-4)13-11-17/h10-13,18,23H,5-9,14-16H2,1-4H3,(H,22,24)/t18-/m0/s1. The van der Waals surface area contributed by atoms with Crippen LogP contribution in [0.4, 0.5) is 4.79 Å². The molecule has 0 unspecified atom stereocenters. The Morgan fingerprint density at radius 1 is 1.11 bits per heavy atom. The number of nitrogens with one attached hydrogen (secondary N) is 1. The Kier molecular flexibility index (Phi) is 10.8. The van der Waals surface area contributed by atoms with Crippen LogP contribution in [0.1, 0.15) is 58.4 Å². The molecule has 0 aliphatic heterocycles. The third-order valence-corrected chi connectivity index (χ3v) is 3.95. The summed E-state index contributed by atoms with van der Waals surface area (Å²) in [5.74, 6) is 0.838. The van der Waals surface area contributed by atoms with E-state index in [4.69, 9.17) is 19.3 Å². The number of aliphatic hydroxyl groups is 1. The number of amides is 1. The molecule has 0 spiro atoms. The van der Waals surface area contributed by atoms with Crippen molar-refractivity contribution in [2.75, 3.05) is 20.3 Å². The molecule has 1 amide bonds. The Hall–Kier alpha value is -1.79. The number of aliphatic hydroxyl groups excluding tert-OH is 1. The van der Waals surface area contributed by atoms with Gasteiger partial charge in [0.05, 0.1) is 13.7 Å². The summed E-state index contributed by atoms with van der Waals surface area (Å²) in [5.41, 5.74) is 0.601. The summed E-state index contributed by atoms with van der Waals surface area (Å²) in [7, 11) is 1.65. The monoisotopic (exact) mass is 381 g/mol. The average molecular weight is 382 g/mol. The molecule has 1 atom stereocenters. The van der Waals surface area contributed by atoms with Gasteiger partial charge in [-0.25, -0.2) is 4.79 Å². The Labute approximate surface area is 163 Å². The first kappa shape index (κ1) is 23.2. The smallest absolute Gasteiger partial charge is 0.407 e. The Morgan fingerprint density at radius 2 is 1.78 bits per heavy atom. The number of methoxy groups -OCH3 is 1. The van der Waals surface area contributed by atoms with Crippen molar-refractivity contribution in [2.24, 2.45) is 0 Å². The van der Waals surface area contributed by atoms with E-state index in [-0.39, 0.29) is 12.6 Å². The van der Waals surface area contributed by atoms with Crippen molar-refractivity contribution in [3.8, 4) is 5.75 Å². The normalized spacial score (nSPS) is 12.5. The first-order valence-electron chi connectivity index (χ1n) is 9.65. The SMILES string of the molecule is COc1ccc(COCCCC[C@@H](CCCO)NC(=O)OC(C)(C)C)cc1. The summed E-state index contributed by atoms with van der Waals surface area (Å²) in [6.45, 7) is 6.90. The average Bonchev–Trinajstić information content (AvgIpc) is 2.61. The molecule has 0 saturated carbocycles. The topological polar surface area (TPSA) is 77.0 Å². The molecule has 0 bridgehead atoms. The van der Waals surface area contributed by atoms with Crippen molar-refractivity contribution in [3.05, 3.63) is 29.8 Å². The van der Waals surface area contributed by atoms with Crippen LogP contribution >= 0.6 is 0 Å². The third kappa shape index (κ3) is 11.5. The lowest BCUT2D eigenvalue weighted by Crippen LogP contribution is -2.39. The highest BCUT2D eigenvalue weighted by Crippen LogP contribution is 2.13. The van der Waals surface area contributed by atoms with E-state index in [0.717, 1.165) is 37.0 Å². The second kappa shape index (κ2) is 12.6. The molecule has 6 heteroatoms. The van der Waals surface area contributed by atoms with Crippen LogP contribution in [0.25, 0.3) is 0 Å². The minimum Gasteiger partial charge on any atom is -0.497 e. The van der Waals surface area contributed by atoms with E-state index in [1.807, 2.05) is 45.0 Å². The summed E-state index contributed by atoms with van der Waals surface area (Å²) in [5, 5.41) is 12.0. The number of ether oxygens (including phenoxy) is 3. The van der Waals surface area contributed by atoms with Crippen molar-refractivity contribution in [1.82, 2.24) is 5.32 Å². The lowest BCUT2D eigenvalue weighted by Gasteiger charge is -2.23. The largest absolute Gasteiger partial charge is 0.497 e. The highest BCUT2D eigenvalue weighted by Gasteiger charge is 2.19. The molecular formula is C21H35NO5. The fourth-order valence-corrected chi connectivity index (χ4v) is 2.61. The quantitative estimate of drug-likeness (QED) is 0.534. The molecule has 0 fully saturated rings. The molecule has 0 saturated heterocycles. The van der Waals surface area contributed by atoms with E-state index < -0.39 is 11.7 Å². The van der Waals surface area contributed by atoms with Crippen LogP contribution in [0.15, 0.2) is 24.3 Å². The maximum Gasteiger partial charge on any atom is 0.407 e. The zero-order valence-electron chi connectivity index (χ0n) is 17.1. The summed E-state index contributed by atoms with van der Waals surface area (Å²) >= 11 is 0. The molecule has 27 heavy (non-hydrogen) atoms. The summed E-state index contributed by atoms with van der Waals surface area (Å²) in [4.78, 5) is 11.9. The molecule has 1 rings (SSSR count). The van der Waals surface area contributed by atoms with E-state index in [1.165, 1.54) is 0 Å². The van der Waals surface area contributed by atoms with Crippen LogP contribution < -0.4 is 10.1 Å². The zero-order valence-corrected chi connectivity index (χ0v) is 17.1. The van der Waals surface area contributed by atoms with Crippen LogP contribution in [0, 0.1) is 0 Å². The molecule has 2 N–H and O–H groups in total. The van der Waals surface area contributed by atoms with E-state index in [1.54, 1.807) is 7.11 Å². The third-order valence-electron chi connectivity index (χ3n) is 3.95. The van der Waals surface area contributed by atoms with Gasteiger partial charge in [-0.15, -0.1) is 0 Å². The Balaban J connectivity index is 2.24. The molecule has 1 aromatic carbocycles. The van der Waals surface area contributed by atoms with Gasteiger partial charge in [-0.05, 0) is 70.6 Å². The van der Waals surface area contributed by atoms with Crippen molar-refractivity contribution in [1.29, 1.82) is 0 Å². The Bertz CT molecular complexity index is 524. The predicted octanol–water partition coefficient (Wildman–Crippen LogP) is 4.05. The Morgan fingerprint density at radius 3 is 2.37 bits per heavy atom. The number of carbonyl (C=O) groups is 1. The van der Waals surface area contributed by atoms with Crippen molar-refractivity contribution in [2.45, 2.75) is 71.1 Å². The second-order valence-electron chi connectivity index (χ2n) is 7.61. The highest BCUT2D eigenvalue weighted by atomic mass is 16.6. The molecule has 154 valence electrons. The fraction of sp³-hybridized carbons (Fsp3) is 0.667. The van der Waals surface area contributed by atoms with Crippen LogP contribution in [0.5, 0.6) is 5.75 Å². The number of rotatable bonds is 12. The van der Waals surface area contributed by atoms with Gasteiger partial charge in [-0.1, -0.05) is 12.1 Å². The second-order valence-corrected chi connectivity index (χ2v) is 7.61. The van der Waals surface area contributed by atoms with Crippen LogP contribution in [-0.4, -0.2) is 43.2 Å². The number of unbranched alkanes of at least 4 members (excludes halogenated alkanes) is 1. The van der Waals surface area contributed by atoms with Gasteiger partial charge in [-0.3, -0.25) is 0 Å². The lowest BCUT2D eigenvalue weighted by molar-refractivity contribution is 0.0495. The zero-order chi connectivity index (χ0) is 20.1. The summed E-state index contributed by atoms with van der Waals surface area (Å²) < 4.78 is 16.2. The molecular weight excluding hydrogens is 346 g/mol. The number of benzene rings is 1.